The Morgan fingerprint density at radius 3 is 2.49 bits per heavy atom. The number of nitrogens with one attached hydrogen (secondary N) is 1. The number of esters is 1. The van der Waals surface area contributed by atoms with Crippen molar-refractivity contribution in [2.45, 2.75) is 90.3 Å². The van der Waals surface area contributed by atoms with Gasteiger partial charge in [-0.15, -0.1) is 0 Å². The first-order chi connectivity index (χ1) is 19.5. The van der Waals surface area contributed by atoms with Gasteiger partial charge in [-0.05, 0) is 36.3 Å². The number of unbranched alkanes of at least 4 members (excludes halogenated alkanes) is 2. The number of methoxy groups -OCH3 is 2. The van der Waals surface area contributed by atoms with Crippen molar-refractivity contribution in [1.29, 1.82) is 0 Å². The third-order valence-corrected chi connectivity index (χ3v) is 7.80. The van der Waals surface area contributed by atoms with Crippen molar-refractivity contribution in [3.05, 3.63) is 23.9 Å². The third-order valence-electron chi connectivity index (χ3n) is 7.80. The van der Waals surface area contributed by atoms with Gasteiger partial charge in [0.2, 0.25) is 11.8 Å². The number of carbonyl (C=O) groups excluding carboxylic acids is 3. The summed E-state index contributed by atoms with van der Waals surface area (Å²) in [5.74, 6) is 0.753. The fourth-order valence-electron chi connectivity index (χ4n) is 5.32. The van der Waals surface area contributed by atoms with Gasteiger partial charge in [-0.3, -0.25) is 4.79 Å². The highest BCUT2D eigenvalue weighted by atomic mass is 16.5. The molecular weight excluding hydrogens is 528 g/mol. The number of hydrogen-bond donors (Lipinski definition) is 1. The van der Waals surface area contributed by atoms with Crippen molar-refractivity contribution in [1.82, 2.24) is 20.2 Å². The van der Waals surface area contributed by atoms with Gasteiger partial charge in [-0.1, -0.05) is 52.9 Å². The van der Waals surface area contributed by atoms with E-state index in [9.17, 15) is 19.5 Å². The summed E-state index contributed by atoms with van der Waals surface area (Å²) < 4.78 is 16.7. The number of carboxylic acid groups (broad SMARTS) is 1. The minimum atomic E-state index is -1.57. The van der Waals surface area contributed by atoms with E-state index in [4.69, 9.17) is 24.2 Å². The molecule has 1 aliphatic heterocycles. The average molecular weight is 570 g/mol. The fourth-order valence-corrected chi connectivity index (χ4v) is 5.32. The second-order valence-corrected chi connectivity index (χ2v) is 12.1. The number of fused-ring (bicyclic) bond motifs is 1. The first kappa shape index (κ1) is 30.3. The summed E-state index contributed by atoms with van der Waals surface area (Å²) in [6, 6.07) is 3.42. The standard InChI is InChI=1S/C30H42N4O7/c1-30(2,3)25(33-29(37)38)27(35)34-17-20(16-24(34)28(36)40-5)41-26-22(10-8-6-7-9-18-11-12-18)31-21-14-13-19(39-4)15-23(21)32-26/h13-15,18,20,24-25,33H,6-12,16-17H2,1-5H3,(H,37,38)/p-1/t20-,24+,25-/m1/s1. The van der Waals surface area contributed by atoms with Gasteiger partial charge in [0.15, 0.2) is 0 Å². The van der Waals surface area contributed by atoms with Crippen molar-refractivity contribution >= 4 is 29.0 Å². The molecule has 1 saturated carbocycles. The van der Waals surface area contributed by atoms with Crippen LogP contribution in [0.15, 0.2) is 18.2 Å². The van der Waals surface area contributed by atoms with Crippen LogP contribution < -0.4 is 19.9 Å². The molecule has 1 aromatic heterocycles. The van der Waals surface area contributed by atoms with E-state index in [1.54, 1.807) is 33.9 Å². The van der Waals surface area contributed by atoms with E-state index in [0.717, 1.165) is 30.0 Å². The lowest BCUT2D eigenvalue weighted by Gasteiger charge is -2.35. The second kappa shape index (κ2) is 12.9. The normalized spacial score (nSPS) is 19.6. The Morgan fingerprint density at radius 1 is 1.10 bits per heavy atom. The quantitative estimate of drug-likeness (QED) is 0.301. The molecule has 2 aliphatic rings. The lowest BCUT2D eigenvalue weighted by Crippen LogP contribution is -2.59. The Hall–Kier alpha value is -3.63. The number of likely N-dealkylation sites (tertiary alicyclic amines) is 1. The van der Waals surface area contributed by atoms with Crippen LogP contribution in [0.1, 0.15) is 71.4 Å². The van der Waals surface area contributed by atoms with Gasteiger partial charge in [-0.25, -0.2) is 14.8 Å². The van der Waals surface area contributed by atoms with E-state index in [1.807, 2.05) is 12.1 Å². The number of ether oxygens (including phenoxy) is 3. The van der Waals surface area contributed by atoms with Gasteiger partial charge in [0.25, 0.3) is 0 Å². The van der Waals surface area contributed by atoms with Crippen molar-refractivity contribution in [3.63, 3.8) is 0 Å². The molecule has 0 spiro atoms. The van der Waals surface area contributed by atoms with Crippen LogP contribution in [0, 0.1) is 11.3 Å². The molecule has 1 N–H and O–H groups in total. The zero-order chi connectivity index (χ0) is 29.7. The molecule has 0 radical (unpaired) electrons. The van der Waals surface area contributed by atoms with Crippen LogP contribution in [-0.2, 0) is 20.7 Å². The summed E-state index contributed by atoms with van der Waals surface area (Å²) in [7, 11) is 2.84. The monoisotopic (exact) mass is 569 g/mol. The summed E-state index contributed by atoms with van der Waals surface area (Å²) in [5.41, 5.74) is 1.29. The molecule has 2 amide bonds. The van der Waals surface area contributed by atoms with Crippen LogP contribution >= 0.6 is 0 Å². The minimum absolute atomic E-state index is 0.0541. The largest absolute Gasteiger partial charge is 0.530 e. The van der Waals surface area contributed by atoms with E-state index >= 15 is 0 Å². The molecule has 0 unspecified atom stereocenters. The molecule has 0 bridgehead atoms. The highest BCUT2D eigenvalue weighted by molar-refractivity contribution is 5.90. The second-order valence-electron chi connectivity index (χ2n) is 12.1. The smallest absolute Gasteiger partial charge is 0.328 e. The number of rotatable bonds is 12. The van der Waals surface area contributed by atoms with Gasteiger partial charge < -0.3 is 34.3 Å². The maximum Gasteiger partial charge on any atom is 0.328 e. The van der Waals surface area contributed by atoms with Gasteiger partial charge in [-0.2, -0.15) is 0 Å². The van der Waals surface area contributed by atoms with E-state index in [2.05, 4.69) is 5.32 Å². The van der Waals surface area contributed by atoms with Crippen LogP contribution in [0.3, 0.4) is 0 Å². The molecule has 2 heterocycles. The molecule has 3 atom stereocenters. The van der Waals surface area contributed by atoms with Crippen molar-refractivity contribution < 1.29 is 33.7 Å². The van der Waals surface area contributed by atoms with Crippen LogP contribution in [0.5, 0.6) is 11.6 Å². The highest BCUT2D eigenvalue weighted by Crippen LogP contribution is 2.34. The first-order valence-corrected chi connectivity index (χ1v) is 14.4. The Kier molecular flexibility index (Phi) is 9.55. The Bertz CT molecular complexity index is 1260. The topological polar surface area (TPSA) is 143 Å². The summed E-state index contributed by atoms with van der Waals surface area (Å²) >= 11 is 0. The predicted octanol–water partition coefficient (Wildman–Crippen LogP) is 3.02. The summed E-state index contributed by atoms with van der Waals surface area (Å²) in [4.78, 5) is 48.7. The van der Waals surface area contributed by atoms with E-state index < -0.39 is 41.6 Å². The fraction of sp³-hybridized carbons (Fsp3) is 0.633. The third kappa shape index (κ3) is 7.77. The van der Waals surface area contributed by atoms with Gasteiger partial charge >= 0.3 is 5.97 Å². The van der Waals surface area contributed by atoms with Crippen LogP contribution in [0.25, 0.3) is 11.0 Å². The number of carbonyl (C=O) groups is 3. The number of aromatic nitrogens is 2. The van der Waals surface area contributed by atoms with Crippen molar-refractivity contribution in [3.8, 4) is 11.6 Å². The molecule has 11 heteroatoms. The van der Waals surface area contributed by atoms with Gasteiger partial charge in [0.05, 0.1) is 31.8 Å². The van der Waals surface area contributed by atoms with Crippen molar-refractivity contribution in [2.75, 3.05) is 20.8 Å². The molecular formula is C30H41N4O7-. The average Bonchev–Trinajstić information content (AvgIpc) is 3.66. The molecule has 224 valence electrons. The maximum atomic E-state index is 13.6. The molecule has 1 aromatic carbocycles. The lowest BCUT2D eigenvalue weighted by atomic mass is 9.85. The number of aryl methyl sites for hydroxylation is 1. The Morgan fingerprint density at radius 2 is 1.85 bits per heavy atom. The molecule has 4 rings (SSSR count). The Balaban J connectivity index is 1.57. The first-order valence-electron chi connectivity index (χ1n) is 14.4. The molecule has 11 nitrogen and oxygen atoms in total. The van der Waals surface area contributed by atoms with E-state index in [0.29, 0.717) is 23.6 Å². The highest BCUT2D eigenvalue weighted by Gasteiger charge is 2.46. The van der Waals surface area contributed by atoms with Crippen LogP contribution in [0.4, 0.5) is 4.79 Å². The van der Waals surface area contributed by atoms with E-state index in [1.165, 1.54) is 37.7 Å². The molecule has 41 heavy (non-hydrogen) atoms. The van der Waals surface area contributed by atoms with Gasteiger partial charge in [0, 0.05) is 12.5 Å². The SMILES string of the molecule is COC(=O)[C@@H]1C[C@@H](Oc2nc3cc(OC)ccc3nc2CCCCCC2CC2)CN1C(=O)[C@@H](NC(=O)[O-])C(C)(C)C. The Labute approximate surface area is 240 Å². The maximum absolute atomic E-state index is 13.6. The van der Waals surface area contributed by atoms with Crippen molar-refractivity contribution in [2.24, 2.45) is 11.3 Å². The summed E-state index contributed by atoms with van der Waals surface area (Å²) in [6.45, 7) is 5.26. The zero-order valence-electron chi connectivity index (χ0n) is 24.6. The number of benzene rings is 1. The molecule has 2 aromatic rings. The number of hydrogen-bond acceptors (Lipinski definition) is 9. The summed E-state index contributed by atoms with van der Waals surface area (Å²) in [6.07, 6.45) is 5.90. The number of nitrogens with zero attached hydrogens (tertiary/aromatic N) is 3. The molecule has 1 aliphatic carbocycles. The van der Waals surface area contributed by atoms with Gasteiger partial charge in [0.1, 0.15) is 35.7 Å². The molecule has 1 saturated heterocycles. The zero-order valence-corrected chi connectivity index (χ0v) is 24.6. The van der Waals surface area contributed by atoms with Crippen LogP contribution in [-0.4, -0.2) is 71.8 Å². The van der Waals surface area contributed by atoms with E-state index in [-0.39, 0.29) is 13.0 Å². The predicted molar refractivity (Wildman–Crippen MR) is 149 cm³/mol. The van der Waals surface area contributed by atoms with Crippen LogP contribution in [0.2, 0.25) is 0 Å². The molecule has 2 fully saturated rings. The lowest BCUT2D eigenvalue weighted by molar-refractivity contribution is -0.252. The summed E-state index contributed by atoms with van der Waals surface area (Å²) in [5, 5.41) is 13.6. The number of amides is 2. The minimum Gasteiger partial charge on any atom is -0.530 e.